The molecule has 0 saturated heterocycles. The van der Waals surface area contributed by atoms with Gasteiger partial charge in [0.25, 0.3) is 0 Å². The summed E-state index contributed by atoms with van der Waals surface area (Å²) in [6.45, 7) is 0.693. The number of rotatable bonds is 8. The van der Waals surface area contributed by atoms with E-state index in [2.05, 4.69) is 26.2 Å². The SMILES string of the molecule is Nc1cc(Br)c(F)cc1Nc1ccc(OCc2ccccc2)nc1OCc1ccccc1. The number of nitrogens with one attached hydrogen (secondary N) is 1. The third-order valence-electron chi connectivity index (χ3n) is 4.64. The standard InChI is InChI=1S/C25H21BrFN3O2/c26-19-13-21(28)23(14-20(19)27)29-22-11-12-24(31-15-17-7-3-1-4-8-17)30-25(22)32-16-18-9-5-2-6-10-18/h1-14,29H,15-16,28H2. The minimum atomic E-state index is -0.427. The molecular weight excluding hydrogens is 473 g/mol. The maximum absolute atomic E-state index is 14.0. The summed E-state index contributed by atoms with van der Waals surface area (Å²) in [4.78, 5) is 4.52. The Bertz CT molecular complexity index is 1190. The second-order valence-electron chi connectivity index (χ2n) is 7.03. The predicted molar refractivity (Wildman–Crippen MR) is 128 cm³/mol. The molecule has 0 bridgehead atoms. The van der Waals surface area contributed by atoms with Crippen molar-refractivity contribution in [1.82, 2.24) is 4.98 Å². The smallest absolute Gasteiger partial charge is 0.241 e. The van der Waals surface area contributed by atoms with Crippen molar-refractivity contribution in [2.75, 3.05) is 11.1 Å². The Morgan fingerprint density at radius 3 is 2.09 bits per heavy atom. The highest BCUT2D eigenvalue weighted by Crippen LogP contribution is 2.33. The molecule has 162 valence electrons. The maximum Gasteiger partial charge on any atom is 0.241 e. The first-order chi connectivity index (χ1) is 15.6. The van der Waals surface area contributed by atoms with Crippen molar-refractivity contribution in [1.29, 1.82) is 0 Å². The average Bonchev–Trinajstić information content (AvgIpc) is 2.82. The van der Waals surface area contributed by atoms with Crippen LogP contribution in [0.25, 0.3) is 0 Å². The Morgan fingerprint density at radius 1 is 0.812 bits per heavy atom. The van der Waals surface area contributed by atoms with Gasteiger partial charge in [0.2, 0.25) is 11.8 Å². The van der Waals surface area contributed by atoms with Crippen LogP contribution in [0.4, 0.5) is 21.5 Å². The number of pyridine rings is 1. The van der Waals surface area contributed by atoms with Gasteiger partial charge in [-0.3, -0.25) is 0 Å². The van der Waals surface area contributed by atoms with Crippen molar-refractivity contribution in [2.24, 2.45) is 0 Å². The minimum Gasteiger partial charge on any atom is -0.473 e. The average molecular weight is 494 g/mol. The lowest BCUT2D eigenvalue weighted by atomic mass is 10.2. The number of anilines is 3. The van der Waals surface area contributed by atoms with Crippen LogP contribution in [0.3, 0.4) is 0 Å². The zero-order valence-corrected chi connectivity index (χ0v) is 18.7. The number of halogens is 2. The second kappa shape index (κ2) is 10.2. The highest BCUT2D eigenvalue weighted by atomic mass is 79.9. The molecule has 0 amide bonds. The van der Waals surface area contributed by atoms with Crippen molar-refractivity contribution < 1.29 is 13.9 Å². The van der Waals surface area contributed by atoms with E-state index in [1.54, 1.807) is 12.1 Å². The highest BCUT2D eigenvalue weighted by molar-refractivity contribution is 9.10. The van der Waals surface area contributed by atoms with E-state index in [0.717, 1.165) is 11.1 Å². The van der Waals surface area contributed by atoms with Crippen molar-refractivity contribution in [3.63, 3.8) is 0 Å². The third kappa shape index (κ3) is 5.56. The largest absolute Gasteiger partial charge is 0.473 e. The molecule has 1 heterocycles. The first-order valence-electron chi connectivity index (χ1n) is 9.94. The van der Waals surface area contributed by atoms with Crippen LogP contribution in [0.2, 0.25) is 0 Å². The zero-order chi connectivity index (χ0) is 22.3. The first-order valence-corrected chi connectivity index (χ1v) is 10.7. The highest BCUT2D eigenvalue weighted by Gasteiger charge is 2.13. The molecule has 4 rings (SSSR count). The third-order valence-corrected chi connectivity index (χ3v) is 5.25. The number of aromatic nitrogens is 1. The van der Waals surface area contributed by atoms with Gasteiger partial charge in [-0.15, -0.1) is 0 Å². The molecule has 0 aliphatic carbocycles. The molecule has 0 radical (unpaired) electrons. The predicted octanol–water partition coefficient (Wildman–Crippen LogP) is 6.47. The molecule has 3 N–H and O–H groups in total. The number of nitrogens with zero attached hydrogens (tertiary/aromatic N) is 1. The van der Waals surface area contributed by atoms with Crippen molar-refractivity contribution in [3.8, 4) is 11.8 Å². The first kappa shape index (κ1) is 21.6. The van der Waals surface area contributed by atoms with Gasteiger partial charge < -0.3 is 20.5 Å². The Labute approximate surface area is 194 Å². The van der Waals surface area contributed by atoms with Crippen molar-refractivity contribution in [3.05, 3.63) is 106 Å². The van der Waals surface area contributed by atoms with Gasteiger partial charge in [0, 0.05) is 12.1 Å². The fourth-order valence-corrected chi connectivity index (χ4v) is 3.34. The monoisotopic (exact) mass is 493 g/mol. The number of benzene rings is 3. The molecule has 0 spiro atoms. The molecule has 4 aromatic rings. The van der Waals surface area contributed by atoms with E-state index in [1.165, 1.54) is 12.1 Å². The van der Waals surface area contributed by atoms with Gasteiger partial charge >= 0.3 is 0 Å². The summed E-state index contributed by atoms with van der Waals surface area (Å²) >= 11 is 3.14. The number of nitrogen functional groups attached to an aromatic ring is 1. The van der Waals surface area contributed by atoms with Gasteiger partial charge in [-0.2, -0.15) is 4.98 Å². The van der Waals surface area contributed by atoms with Crippen molar-refractivity contribution in [2.45, 2.75) is 13.2 Å². The van der Waals surface area contributed by atoms with E-state index in [1.807, 2.05) is 60.7 Å². The number of ether oxygens (including phenoxy) is 2. The molecule has 7 heteroatoms. The summed E-state index contributed by atoms with van der Waals surface area (Å²) in [5.74, 6) is 0.309. The number of hydrogen-bond acceptors (Lipinski definition) is 5. The Morgan fingerprint density at radius 2 is 1.44 bits per heavy atom. The fraction of sp³-hybridized carbons (Fsp3) is 0.0800. The molecule has 3 aromatic carbocycles. The van der Waals surface area contributed by atoms with E-state index in [4.69, 9.17) is 15.2 Å². The summed E-state index contributed by atoms with van der Waals surface area (Å²) in [6, 6.07) is 25.9. The molecule has 0 fully saturated rings. The summed E-state index contributed by atoms with van der Waals surface area (Å²) in [7, 11) is 0. The molecule has 0 aliphatic heterocycles. The second-order valence-corrected chi connectivity index (χ2v) is 7.88. The van der Waals surface area contributed by atoms with Crippen LogP contribution >= 0.6 is 15.9 Å². The molecule has 32 heavy (non-hydrogen) atoms. The summed E-state index contributed by atoms with van der Waals surface area (Å²) in [5.41, 5.74) is 9.41. The Hall–Kier alpha value is -3.58. The van der Waals surface area contributed by atoms with Crippen LogP contribution in [0.5, 0.6) is 11.8 Å². The number of hydrogen-bond donors (Lipinski definition) is 2. The van der Waals surface area contributed by atoms with Gasteiger partial charge in [0.05, 0.1) is 15.8 Å². The van der Waals surface area contributed by atoms with E-state index in [0.29, 0.717) is 46.5 Å². The van der Waals surface area contributed by atoms with Gasteiger partial charge in [0.15, 0.2) is 0 Å². The minimum absolute atomic E-state index is 0.295. The van der Waals surface area contributed by atoms with Crippen LogP contribution < -0.4 is 20.5 Å². The van der Waals surface area contributed by atoms with Crippen molar-refractivity contribution >= 4 is 33.0 Å². The van der Waals surface area contributed by atoms with Crippen LogP contribution in [-0.2, 0) is 13.2 Å². The lowest BCUT2D eigenvalue weighted by molar-refractivity contribution is 0.269. The lowest BCUT2D eigenvalue weighted by Crippen LogP contribution is -2.05. The molecule has 0 atom stereocenters. The Kier molecular flexibility index (Phi) is 6.87. The fourth-order valence-electron chi connectivity index (χ4n) is 2.98. The van der Waals surface area contributed by atoms with E-state index in [9.17, 15) is 4.39 Å². The zero-order valence-electron chi connectivity index (χ0n) is 17.1. The quantitative estimate of drug-likeness (QED) is 0.275. The maximum atomic E-state index is 14.0. The summed E-state index contributed by atoms with van der Waals surface area (Å²) < 4.78 is 26.2. The van der Waals surface area contributed by atoms with Crippen LogP contribution in [0.1, 0.15) is 11.1 Å². The topological polar surface area (TPSA) is 69.4 Å². The van der Waals surface area contributed by atoms with Gasteiger partial charge in [-0.25, -0.2) is 4.39 Å². The van der Waals surface area contributed by atoms with E-state index >= 15 is 0 Å². The molecular formula is C25H21BrFN3O2. The molecule has 1 aromatic heterocycles. The number of nitrogens with two attached hydrogens (primary N) is 1. The molecule has 5 nitrogen and oxygen atoms in total. The van der Waals surface area contributed by atoms with E-state index in [-0.39, 0.29) is 0 Å². The Balaban J connectivity index is 1.58. The lowest BCUT2D eigenvalue weighted by Gasteiger charge is -2.16. The van der Waals surface area contributed by atoms with Gasteiger partial charge in [-0.05, 0) is 39.2 Å². The summed E-state index contributed by atoms with van der Waals surface area (Å²) in [6.07, 6.45) is 0. The van der Waals surface area contributed by atoms with E-state index < -0.39 is 5.82 Å². The normalized spacial score (nSPS) is 10.6. The summed E-state index contributed by atoms with van der Waals surface area (Å²) in [5, 5.41) is 3.12. The van der Waals surface area contributed by atoms with Crippen LogP contribution in [-0.4, -0.2) is 4.98 Å². The van der Waals surface area contributed by atoms with Crippen LogP contribution in [0.15, 0.2) is 89.4 Å². The molecule has 0 saturated carbocycles. The molecule has 0 aliphatic rings. The van der Waals surface area contributed by atoms with Gasteiger partial charge in [0.1, 0.15) is 24.7 Å². The molecule has 0 unspecified atom stereocenters. The van der Waals surface area contributed by atoms with Crippen LogP contribution in [0, 0.1) is 5.82 Å². The van der Waals surface area contributed by atoms with Gasteiger partial charge in [-0.1, -0.05) is 60.7 Å².